The average molecular weight is 400 g/mol. The molecule has 1 aliphatic rings. The summed E-state index contributed by atoms with van der Waals surface area (Å²) in [6, 6.07) is 11.8. The van der Waals surface area contributed by atoms with Gasteiger partial charge >= 0.3 is 0 Å². The molecule has 28 heavy (non-hydrogen) atoms. The van der Waals surface area contributed by atoms with Crippen molar-refractivity contribution in [2.45, 2.75) is 4.90 Å². The van der Waals surface area contributed by atoms with Gasteiger partial charge in [-0.2, -0.15) is 8.42 Å². The molecule has 0 bridgehead atoms. The van der Waals surface area contributed by atoms with Crippen molar-refractivity contribution in [2.75, 3.05) is 12.8 Å². The average Bonchev–Trinajstić information content (AvgIpc) is 3.00. The van der Waals surface area contributed by atoms with Gasteiger partial charge in [0, 0.05) is 17.3 Å². The van der Waals surface area contributed by atoms with E-state index in [4.69, 9.17) is 10.5 Å². The predicted molar refractivity (Wildman–Crippen MR) is 102 cm³/mol. The van der Waals surface area contributed by atoms with Crippen LogP contribution in [-0.2, 0) is 14.8 Å². The van der Waals surface area contributed by atoms with Gasteiger partial charge in [0.05, 0.1) is 12.0 Å². The monoisotopic (exact) mass is 400 g/mol. The molecule has 0 radical (unpaired) electrons. The molecule has 1 fully saturated rings. The fourth-order valence-electron chi connectivity index (χ4n) is 2.32. The molecule has 0 aromatic heterocycles. The molecule has 9 nitrogen and oxygen atoms in total. The standard InChI is InChI=1S/C18H16N4O5S/c1-27-13-6-2-11(3-7-13)16(23)10-15-17(24)21-18(20-15)22-28(25,26)14-8-4-12(19)5-9-14/h2-10H,19H2,1H3,(H2,20,21,22,24)/b15-10+. The minimum absolute atomic E-state index is 0.0861. The second-order valence-electron chi connectivity index (χ2n) is 5.71. The number of carbonyl (C=O) groups excluding carboxylic acids is 2. The van der Waals surface area contributed by atoms with Crippen molar-refractivity contribution in [3.05, 3.63) is 65.9 Å². The summed E-state index contributed by atoms with van der Waals surface area (Å²) in [6.45, 7) is 0. The molecule has 0 atom stereocenters. The third-order valence-electron chi connectivity index (χ3n) is 3.77. The number of nitrogens with one attached hydrogen (secondary N) is 2. The lowest BCUT2D eigenvalue weighted by Crippen LogP contribution is -2.26. The summed E-state index contributed by atoms with van der Waals surface area (Å²) in [5, 5.41) is 4.77. The van der Waals surface area contributed by atoms with E-state index in [0.29, 0.717) is 17.0 Å². The lowest BCUT2D eigenvalue weighted by molar-refractivity contribution is -0.115. The molecule has 144 valence electrons. The Morgan fingerprint density at radius 3 is 2.32 bits per heavy atom. The zero-order chi connectivity index (χ0) is 20.3. The zero-order valence-electron chi connectivity index (χ0n) is 14.7. The first-order valence-electron chi connectivity index (χ1n) is 7.97. The van der Waals surface area contributed by atoms with Gasteiger partial charge in [0.15, 0.2) is 5.78 Å². The van der Waals surface area contributed by atoms with Gasteiger partial charge in [0.25, 0.3) is 15.9 Å². The Bertz CT molecular complexity index is 1090. The largest absolute Gasteiger partial charge is 0.497 e. The second-order valence-corrected chi connectivity index (χ2v) is 7.32. The van der Waals surface area contributed by atoms with Crippen LogP contribution >= 0.6 is 0 Å². The summed E-state index contributed by atoms with van der Waals surface area (Å²) >= 11 is 0. The molecule has 1 saturated heterocycles. The quantitative estimate of drug-likeness (QED) is 0.383. The van der Waals surface area contributed by atoms with E-state index in [2.05, 4.69) is 15.0 Å². The number of anilines is 1. The van der Waals surface area contributed by atoms with Crippen LogP contribution < -0.4 is 21.1 Å². The fourth-order valence-corrected chi connectivity index (χ4v) is 3.24. The maximum atomic E-state index is 12.3. The van der Waals surface area contributed by atoms with E-state index >= 15 is 0 Å². The van der Waals surface area contributed by atoms with Crippen LogP contribution in [0.1, 0.15) is 10.4 Å². The number of guanidine groups is 1. The van der Waals surface area contributed by atoms with Crippen molar-refractivity contribution < 1.29 is 22.7 Å². The number of sulfonamides is 1. The molecule has 3 rings (SSSR count). The number of rotatable bonds is 5. The van der Waals surface area contributed by atoms with E-state index in [-0.39, 0.29) is 16.6 Å². The summed E-state index contributed by atoms with van der Waals surface area (Å²) < 4.78 is 33.2. The predicted octanol–water partition coefficient (Wildman–Crippen LogP) is 0.808. The summed E-state index contributed by atoms with van der Waals surface area (Å²) in [5.41, 5.74) is 6.16. The van der Waals surface area contributed by atoms with E-state index in [1.165, 1.54) is 31.4 Å². The van der Waals surface area contributed by atoms with Crippen LogP contribution in [0.3, 0.4) is 0 Å². The van der Waals surface area contributed by atoms with Gasteiger partial charge in [0.2, 0.25) is 5.96 Å². The van der Waals surface area contributed by atoms with E-state index in [1.54, 1.807) is 24.3 Å². The SMILES string of the molecule is COc1ccc(C(=O)/C=C2/N/C(=N\S(=O)(=O)c3ccc(N)cc3)NC2=O)cc1. The molecule has 1 heterocycles. The van der Waals surface area contributed by atoms with Crippen molar-refractivity contribution in [2.24, 2.45) is 4.40 Å². The Morgan fingerprint density at radius 1 is 1.07 bits per heavy atom. The Kier molecular flexibility index (Phi) is 5.14. The number of nitrogens with two attached hydrogens (primary N) is 1. The van der Waals surface area contributed by atoms with Gasteiger partial charge in [-0.15, -0.1) is 4.40 Å². The van der Waals surface area contributed by atoms with Crippen LogP contribution in [-0.4, -0.2) is 33.2 Å². The number of amides is 1. The highest BCUT2D eigenvalue weighted by molar-refractivity contribution is 7.90. The number of hydrogen-bond acceptors (Lipinski definition) is 6. The maximum Gasteiger partial charge on any atom is 0.285 e. The number of nitrogens with zero attached hydrogens (tertiary/aromatic N) is 1. The van der Waals surface area contributed by atoms with Crippen LogP contribution in [0, 0.1) is 0 Å². The minimum atomic E-state index is -4.07. The number of nitrogen functional groups attached to an aromatic ring is 1. The maximum absolute atomic E-state index is 12.3. The number of allylic oxidation sites excluding steroid dienone is 1. The molecule has 4 N–H and O–H groups in total. The van der Waals surface area contributed by atoms with Crippen LogP contribution in [0.15, 0.2) is 69.6 Å². The smallest absolute Gasteiger partial charge is 0.285 e. The molecular formula is C18H16N4O5S. The van der Waals surface area contributed by atoms with E-state index in [1.807, 2.05) is 0 Å². The van der Waals surface area contributed by atoms with E-state index in [0.717, 1.165) is 6.08 Å². The second kappa shape index (κ2) is 7.53. The lowest BCUT2D eigenvalue weighted by atomic mass is 10.1. The van der Waals surface area contributed by atoms with Crippen molar-refractivity contribution in [3.8, 4) is 5.75 Å². The summed E-state index contributed by atoms with van der Waals surface area (Å²) in [7, 11) is -2.56. The highest BCUT2D eigenvalue weighted by Gasteiger charge is 2.25. The Labute approximate surface area is 161 Å². The lowest BCUT2D eigenvalue weighted by Gasteiger charge is -2.02. The van der Waals surface area contributed by atoms with Crippen LogP contribution in [0.5, 0.6) is 5.75 Å². The molecule has 1 amide bonds. The number of methoxy groups -OCH3 is 1. The molecule has 0 aliphatic carbocycles. The van der Waals surface area contributed by atoms with Crippen molar-refractivity contribution >= 4 is 33.4 Å². The van der Waals surface area contributed by atoms with Gasteiger partial charge in [-0.25, -0.2) is 0 Å². The normalized spacial score (nSPS) is 16.7. The summed E-state index contributed by atoms with van der Waals surface area (Å²) in [5.74, 6) is -0.824. The highest BCUT2D eigenvalue weighted by atomic mass is 32.2. The third-order valence-corrected chi connectivity index (χ3v) is 5.06. The van der Waals surface area contributed by atoms with Gasteiger partial charge in [-0.1, -0.05) is 0 Å². The first-order valence-corrected chi connectivity index (χ1v) is 9.41. The molecule has 0 spiro atoms. The van der Waals surface area contributed by atoms with Gasteiger partial charge < -0.3 is 15.8 Å². The first-order chi connectivity index (χ1) is 13.3. The Balaban J connectivity index is 1.80. The fraction of sp³-hybridized carbons (Fsp3) is 0.0556. The molecule has 2 aromatic rings. The summed E-state index contributed by atoms with van der Waals surface area (Å²) in [4.78, 5) is 24.2. The van der Waals surface area contributed by atoms with Crippen LogP contribution in [0.2, 0.25) is 0 Å². The van der Waals surface area contributed by atoms with Gasteiger partial charge in [0.1, 0.15) is 11.4 Å². The Hall–Kier alpha value is -3.66. The van der Waals surface area contributed by atoms with E-state index < -0.39 is 21.7 Å². The van der Waals surface area contributed by atoms with Gasteiger partial charge in [-0.3, -0.25) is 14.9 Å². The zero-order valence-corrected chi connectivity index (χ0v) is 15.5. The molecule has 0 unspecified atom stereocenters. The van der Waals surface area contributed by atoms with Crippen LogP contribution in [0.25, 0.3) is 0 Å². The number of hydrogen-bond donors (Lipinski definition) is 3. The minimum Gasteiger partial charge on any atom is -0.497 e. The molecule has 10 heteroatoms. The van der Waals surface area contributed by atoms with E-state index in [9.17, 15) is 18.0 Å². The highest BCUT2D eigenvalue weighted by Crippen LogP contribution is 2.16. The van der Waals surface area contributed by atoms with Crippen molar-refractivity contribution in [1.29, 1.82) is 0 Å². The Morgan fingerprint density at radius 2 is 1.71 bits per heavy atom. The number of carbonyl (C=O) groups is 2. The number of benzene rings is 2. The molecule has 1 aliphatic heterocycles. The van der Waals surface area contributed by atoms with Crippen LogP contribution in [0.4, 0.5) is 5.69 Å². The van der Waals surface area contributed by atoms with Gasteiger partial charge in [-0.05, 0) is 48.5 Å². The number of ketones is 1. The molecular weight excluding hydrogens is 384 g/mol. The summed E-state index contributed by atoms with van der Waals surface area (Å²) in [6.07, 6.45) is 1.06. The number of ether oxygens (including phenoxy) is 1. The molecule has 0 saturated carbocycles. The van der Waals surface area contributed by atoms with Crippen molar-refractivity contribution in [3.63, 3.8) is 0 Å². The van der Waals surface area contributed by atoms with Crippen molar-refractivity contribution in [1.82, 2.24) is 10.6 Å². The first kappa shape index (κ1) is 19.1. The topological polar surface area (TPSA) is 140 Å². The third kappa shape index (κ3) is 4.18. The molecule has 2 aromatic carbocycles.